The molecule has 26 heavy (non-hydrogen) atoms. The molecular formula is C21H28N4O. The molecule has 2 heterocycles. The lowest BCUT2D eigenvalue weighted by Crippen LogP contribution is -2.21. The van der Waals surface area contributed by atoms with Crippen LogP contribution in [0.3, 0.4) is 0 Å². The molecule has 1 aromatic carbocycles. The van der Waals surface area contributed by atoms with Gasteiger partial charge in [0.25, 0.3) is 0 Å². The van der Waals surface area contributed by atoms with Crippen LogP contribution in [0.1, 0.15) is 44.4 Å². The average Bonchev–Trinajstić information content (AvgIpc) is 3.27. The number of para-hydroxylation sites is 1. The number of nitrogens with zero attached hydrogens (tertiary/aromatic N) is 3. The molecule has 138 valence electrons. The van der Waals surface area contributed by atoms with Gasteiger partial charge in [0, 0.05) is 42.7 Å². The van der Waals surface area contributed by atoms with Gasteiger partial charge in [-0.1, -0.05) is 55.5 Å². The van der Waals surface area contributed by atoms with E-state index in [1.165, 1.54) is 44.0 Å². The highest BCUT2D eigenvalue weighted by atomic mass is 16.5. The van der Waals surface area contributed by atoms with Crippen molar-refractivity contribution in [3.63, 3.8) is 0 Å². The summed E-state index contributed by atoms with van der Waals surface area (Å²) in [5, 5.41) is 8.89. The maximum absolute atomic E-state index is 5.46. The van der Waals surface area contributed by atoms with Gasteiger partial charge in [-0.05, 0) is 24.9 Å². The zero-order valence-electron chi connectivity index (χ0n) is 15.6. The molecule has 0 saturated heterocycles. The van der Waals surface area contributed by atoms with Crippen LogP contribution in [0.4, 0.5) is 0 Å². The molecule has 0 amide bonds. The summed E-state index contributed by atoms with van der Waals surface area (Å²) >= 11 is 0. The van der Waals surface area contributed by atoms with Crippen molar-refractivity contribution in [1.82, 2.24) is 20.0 Å². The maximum atomic E-state index is 5.46. The zero-order chi connectivity index (χ0) is 17.8. The van der Waals surface area contributed by atoms with Crippen LogP contribution in [-0.2, 0) is 13.5 Å². The Balaban J connectivity index is 1.30. The molecule has 0 atom stereocenters. The molecule has 0 aliphatic heterocycles. The molecule has 3 aromatic rings. The quantitative estimate of drug-likeness (QED) is 0.643. The Morgan fingerprint density at radius 1 is 1.15 bits per heavy atom. The topological polar surface area (TPSA) is 55.9 Å². The molecule has 5 heteroatoms. The van der Waals surface area contributed by atoms with Gasteiger partial charge in [-0.25, -0.2) is 0 Å². The van der Waals surface area contributed by atoms with Crippen molar-refractivity contribution in [2.45, 2.75) is 44.9 Å². The normalized spacial score (nSPS) is 15.7. The van der Waals surface area contributed by atoms with E-state index in [0.29, 0.717) is 11.7 Å². The molecule has 1 aliphatic rings. The van der Waals surface area contributed by atoms with Gasteiger partial charge >= 0.3 is 0 Å². The maximum Gasteiger partial charge on any atom is 0.228 e. The minimum atomic E-state index is 0.680. The van der Waals surface area contributed by atoms with Gasteiger partial charge in [-0.3, -0.25) is 0 Å². The van der Waals surface area contributed by atoms with Crippen LogP contribution in [0.25, 0.3) is 22.3 Å². The Bertz CT molecular complexity index is 845. The van der Waals surface area contributed by atoms with E-state index in [4.69, 9.17) is 4.52 Å². The second kappa shape index (κ2) is 8.04. The Morgan fingerprint density at radius 3 is 2.88 bits per heavy atom. The summed E-state index contributed by atoms with van der Waals surface area (Å²) in [7, 11) is 2.04. The Hall–Kier alpha value is -2.14. The summed E-state index contributed by atoms with van der Waals surface area (Å²) in [4.78, 5) is 4.60. The lowest BCUT2D eigenvalue weighted by Gasteiger charge is -2.21. The summed E-state index contributed by atoms with van der Waals surface area (Å²) in [6.45, 7) is 1.98. The van der Waals surface area contributed by atoms with E-state index in [9.17, 15) is 0 Å². The molecule has 0 radical (unpaired) electrons. The number of rotatable bonds is 7. The second-order valence-corrected chi connectivity index (χ2v) is 7.48. The highest BCUT2D eigenvalue weighted by molar-refractivity contribution is 5.94. The van der Waals surface area contributed by atoms with Crippen LogP contribution in [0.2, 0.25) is 0 Å². The van der Waals surface area contributed by atoms with Gasteiger partial charge in [0.05, 0.1) is 0 Å². The Labute approximate surface area is 154 Å². The number of aryl methyl sites for hydroxylation is 1. The standard InChI is InChI=1S/C21H28N4O/c1-25-15-18(17-9-5-6-10-19(17)25)21-23-20(26-24-21)12-14-22-13-11-16-7-3-2-4-8-16/h5-6,9-10,15-16,22H,2-4,7-8,11-14H2,1H3. The first-order valence-electron chi connectivity index (χ1n) is 9.89. The Morgan fingerprint density at radius 2 is 2.00 bits per heavy atom. The third-order valence-corrected chi connectivity index (χ3v) is 5.58. The lowest BCUT2D eigenvalue weighted by molar-refractivity contribution is 0.332. The Kier molecular flexibility index (Phi) is 5.34. The van der Waals surface area contributed by atoms with E-state index in [1.54, 1.807) is 0 Å². The average molecular weight is 352 g/mol. The van der Waals surface area contributed by atoms with Crippen molar-refractivity contribution in [3.05, 3.63) is 36.4 Å². The second-order valence-electron chi connectivity index (χ2n) is 7.48. The van der Waals surface area contributed by atoms with Gasteiger partial charge in [0.1, 0.15) is 0 Å². The van der Waals surface area contributed by atoms with Crippen LogP contribution >= 0.6 is 0 Å². The summed E-state index contributed by atoms with van der Waals surface area (Å²) in [5.74, 6) is 2.31. The van der Waals surface area contributed by atoms with Crippen molar-refractivity contribution in [2.75, 3.05) is 13.1 Å². The molecule has 2 aromatic heterocycles. The van der Waals surface area contributed by atoms with Crippen molar-refractivity contribution in [2.24, 2.45) is 13.0 Å². The molecular weight excluding hydrogens is 324 g/mol. The van der Waals surface area contributed by atoms with E-state index in [-0.39, 0.29) is 0 Å². The summed E-state index contributed by atoms with van der Waals surface area (Å²) in [5.41, 5.74) is 2.21. The zero-order valence-corrected chi connectivity index (χ0v) is 15.6. The molecule has 1 fully saturated rings. The SMILES string of the molecule is Cn1cc(-c2noc(CCNCCC3CCCCC3)n2)c2ccccc21. The van der Waals surface area contributed by atoms with Gasteiger partial charge < -0.3 is 14.4 Å². The number of aromatic nitrogens is 3. The highest BCUT2D eigenvalue weighted by Crippen LogP contribution is 2.28. The van der Waals surface area contributed by atoms with Gasteiger partial charge in [-0.2, -0.15) is 4.98 Å². The number of hydrogen-bond acceptors (Lipinski definition) is 4. The molecule has 0 unspecified atom stereocenters. The smallest absolute Gasteiger partial charge is 0.228 e. The van der Waals surface area contributed by atoms with Gasteiger partial charge in [-0.15, -0.1) is 0 Å². The fourth-order valence-electron chi connectivity index (χ4n) is 4.09. The lowest BCUT2D eigenvalue weighted by atomic mass is 9.87. The van der Waals surface area contributed by atoms with Crippen LogP contribution < -0.4 is 5.32 Å². The monoisotopic (exact) mass is 352 g/mol. The van der Waals surface area contributed by atoms with Crippen molar-refractivity contribution in [3.8, 4) is 11.4 Å². The van der Waals surface area contributed by atoms with Gasteiger partial charge in [0.15, 0.2) is 0 Å². The van der Waals surface area contributed by atoms with E-state index >= 15 is 0 Å². The molecule has 4 rings (SSSR count). The van der Waals surface area contributed by atoms with E-state index in [1.807, 2.05) is 19.2 Å². The van der Waals surface area contributed by atoms with Crippen molar-refractivity contribution < 1.29 is 4.52 Å². The summed E-state index contributed by atoms with van der Waals surface area (Å²) in [6, 6.07) is 8.30. The number of nitrogens with one attached hydrogen (secondary N) is 1. The first kappa shape index (κ1) is 17.3. The number of hydrogen-bond donors (Lipinski definition) is 1. The predicted octanol–water partition coefficient (Wildman–Crippen LogP) is 4.33. The third-order valence-electron chi connectivity index (χ3n) is 5.58. The van der Waals surface area contributed by atoms with E-state index in [0.717, 1.165) is 36.4 Å². The minimum absolute atomic E-state index is 0.680. The predicted molar refractivity (Wildman–Crippen MR) is 104 cm³/mol. The van der Waals surface area contributed by atoms with Crippen LogP contribution in [0.15, 0.2) is 35.0 Å². The molecule has 0 bridgehead atoms. The van der Waals surface area contributed by atoms with Crippen LogP contribution in [-0.4, -0.2) is 27.8 Å². The molecule has 1 saturated carbocycles. The molecule has 0 spiro atoms. The first-order chi connectivity index (χ1) is 12.8. The number of fused-ring (bicyclic) bond motifs is 1. The fourth-order valence-corrected chi connectivity index (χ4v) is 4.09. The molecule has 5 nitrogen and oxygen atoms in total. The molecule has 1 aliphatic carbocycles. The van der Waals surface area contributed by atoms with Crippen molar-refractivity contribution >= 4 is 10.9 Å². The third kappa shape index (κ3) is 3.83. The van der Waals surface area contributed by atoms with E-state index in [2.05, 4.69) is 38.4 Å². The molecule has 1 N–H and O–H groups in total. The van der Waals surface area contributed by atoms with Gasteiger partial charge in [0.2, 0.25) is 11.7 Å². The number of benzene rings is 1. The van der Waals surface area contributed by atoms with Crippen molar-refractivity contribution in [1.29, 1.82) is 0 Å². The highest BCUT2D eigenvalue weighted by Gasteiger charge is 2.15. The first-order valence-corrected chi connectivity index (χ1v) is 9.89. The van der Waals surface area contributed by atoms with Crippen LogP contribution in [0.5, 0.6) is 0 Å². The van der Waals surface area contributed by atoms with Crippen LogP contribution in [0, 0.1) is 5.92 Å². The minimum Gasteiger partial charge on any atom is -0.350 e. The largest absolute Gasteiger partial charge is 0.350 e. The van der Waals surface area contributed by atoms with E-state index < -0.39 is 0 Å². The summed E-state index contributed by atoms with van der Waals surface area (Å²) < 4.78 is 7.57. The summed E-state index contributed by atoms with van der Waals surface area (Å²) in [6.07, 6.45) is 11.3. The fraction of sp³-hybridized carbons (Fsp3) is 0.524.